The quantitative estimate of drug-likeness (QED) is 0.174. The maximum Gasteiger partial charge on any atom is 0.308 e. The van der Waals surface area contributed by atoms with Crippen LogP contribution in [0.5, 0.6) is 0 Å². The fourth-order valence-electron chi connectivity index (χ4n) is 4.06. The number of piperazine rings is 1. The van der Waals surface area contributed by atoms with Crippen LogP contribution in [-0.4, -0.2) is 53.5 Å². The summed E-state index contributed by atoms with van der Waals surface area (Å²) in [4.78, 5) is 39.1. The Morgan fingerprint density at radius 1 is 1.08 bits per heavy atom. The van der Waals surface area contributed by atoms with Crippen LogP contribution in [0.3, 0.4) is 0 Å². The van der Waals surface area contributed by atoms with Gasteiger partial charge in [0.25, 0.3) is 5.91 Å². The molecule has 1 saturated heterocycles. The first-order chi connectivity index (χ1) is 17.3. The third kappa shape index (κ3) is 10.6. The minimum absolute atomic E-state index is 0.0494. The fraction of sp³-hybridized carbons (Fsp3) is 0.615. The number of rotatable bonds is 14. The van der Waals surface area contributed by atoms with Gasteiger partial charge in [-0.25, -0.2) is 0 Å². The Hall–Kier alpha value is -1.90. The molecule has 2 amide bonds. The zero-order chi connectivity index (χ0) is 26.3. The molecule has 1 aromatic rings. The zero-order valence-corrected chi connectivity index (χ0v) is 23.3. The minimum atomic E-state index is -0.854. The van der Waals surface area contributed by atoms with Gasteiger partial charge in [-0.3, -0.25) is 19.7 Å². The summed E-state index contributed by atoms with van der Waals surface area (Å²) in [6.45, 7) is 3.26. The van der Waals surface area contributed by atoms with Crippen molar-refractivity contribution in [2.24, 2.45) is 0 Å². The molecule has 200 valence electrons. The Balaban J connectivity index is 1.73. The molecular weight excluding hydrogens is 521 g/mol. The number of halogens is 2. The van der Waals surface area contributed by atoms with Gasteiger partial charge in [0.15, 0.2) is 5.11 Å². The van der Waals surface area contributed by atoms with Gasteiger partial charge >= 0.3 is 5.97 Å². The van der Waals surface area contributed by atoms with Crippen molar-refractivity contribution in [3.8, 4) is 0 Å². The van der Waals surface area contributed by atoms with Crippen molar-refractivity contribution in [3.63, 3.8) is 0 Å². The van der Waals surface area contributed by atoms with Gasteiger partial charge in [0, 0.05) is 18.1 Å². The van der Waals surface area contributed by atoms with E-state index in [1.807, 2.05) is 0 Å². The molecular formula is C26H37Cl2N3O4S. The van der Waals surface area contributed by atoms with Crippen LogP contribution in [0.25, 0.3) is 0 Å². The molecule has 1 aliphatic heterocycles. The standard InChI is InChI=1S/C26H37Cl2N3O4S/c1-2-3-4-5-6-7-8-9-10-11-16-35-23(32)18-22-25(34)29-14-15-31(22)26(36)30-24(33)20-13-12-19(27)17-21(20)28/h12-13,17,22H,2-11,14-16,18H2,1H3,(H,29,34)(H,30,33,36). The second-order valence-corrected chi connectivity index (χ2v) is 10.2. The second kappa shape index (κ2) is 16.8. The predicted octanol–water partition coefficient (Wildman–Crippen LogP) is 5.66. The van der Waals surface area contributed by atoms with E-state index in [0.717, 1.165) is 19.3 Å². The van der Waals surface area contributed by atoms with E-state index in [0.29, 0.717) is 24.7 Å². The number of ether oxygens (including phenoxy) is 1. The van der Waals surface area contributed by atoms with Crippen LogP contribution >= 0.6 is 35.4 Å². The minimum Gasteiger partial charge on any atom is -0.466 e. The van der Waals surface area contributed by atoms with Gasteiger partial charge in [0.2, 0.25) is 5.91 Å². The van der Waals surface area contributed by atoms with Gasteiger partial charge in [-0.2, -0.15) is 0 Å². The summed E-state index contributed by atoms with van der Waals surface area (Å²) in [6.07, 6.45) is 11.8. The summed E-state index contributed by atoms with van der Waals surface area (Å²) >= 11 is 17.4. The molecule has 0 aromatic heterocycles. The monoisotopic (exact) mass is 557 g/mol. The Bertz CT molecular complexity index is 900. The number of amides is 2. The van der Waals surface area contributed by atoms with Crippen LogP contribution in [0.2, 0.25) is 10.0 Å². The number of esters is 1. The molecule has 1 fully saturated rings. The first-order valence-electron chi connectivity index (χ1n) is 12.8. The van der Waals surface area contributed by atoms with E-state index in [9.17, 15) is 14.4 Å². The van der Waals surface area contributed by atoms with Gasteiger partial charge in [-0.05, 0) is 36.8 Å². The van der Waals surface area contributed by atoms with Crippen molar-refractivity contribution < 1.29 is 19.1 Å². The van der Waals surface area contributed by atoms with Crippen LogP contribution < -0.4 is 10.6 Å². The molecule has 1 unspecified atom stereocenters. The number of benzene rings is 1. The smallest absolute Gasteiger partial charge is 0.308 e. The Morgan fingerprint density at radius 2 is 1.72 bits per heavy atom. The third-order valence-electron chi connectivity index (χ3n) is 6.11. The summed E-state index contributed by atoms with van der Waals surface area (Å²) in [5.74, 6) is -1.32. The molecule has 0 bridgehead atoms. The number of carbonyl (C=O) groups excluding carboxylic acids is 3. The first-order valence-corrected chi connectivity index (χ1v) is 14.0. The average Bonchev–Trinajstić information content (AvgIpc) is 2.83. The molecule has 7 nitrogen and oxygen atoms in total. The largest absolute Gasteiger partial charge is 0.466 e. The van der Waals surface area contributed by atoms with E-state index < -0.39 is 17.9 Å². The molecule has 1 atom stereocenters. The molecule has 0 saturated carbocycles. The maximum absolute atomic E-state index is 12.6. The van der Waals surface area contributed by atoms with Crippen molar-refractivity contribution in [2.75, 3.05) is 19.7 Å². The second-order valence-electron chi connectivity index (χ2n) is 8.99. The van der Waals surface area contributed by atoms with Gasteiger partial charge in [0.1, 0.15) is 6.04 Å². The molecule has 2 N–H and O–H groups in total. The molecule has 0 aliphatic carbocycles. The van der Waals surface area contributed by atoms with Crippen LogP contribution in [0.4, 0.5) is 0 Å². The molecule has 36 heavy (non-hydrogen) atoms. The lowest BCUT2D eigenvalue weighted by atomic mass is 10.1. The summed E-state index contributed by atoms with van der Waals surface area (Å²) in [7, 11) is 0. The summed E-state index contributed by atoms with van der Waals surface area (Å²) < 4.78 is 5.36. The van der Waals surface area contributed by atoms with Crippen molar-refractivity contribution >= 4 is 58.3 Å². The molecule has 2 rings (SSSR count). The summed E-state index contributed by atoms with van der Waals surface area (Å²) in [5.41, 5.74) is 0.206. The van der Waals surface area contributed by atoms with Crippen LogP contribution in [0.15, 0.2) is 18.2 Å². The topological polar surface area (TPSA) is 87.7 Å². The van der Waals surface area contributed by atoms with E-state index in [1.54, 1.807) is 6.07 Å². The molecule has 10 heteroatoms. The molecule has 1 aliphatic rings. The average molecular weight is 559 g/mol. The van der Waals surface area contributed by atoms with Crippen LogP contribution in [0.1, 0.15) is 87.9 Å². The zero-order valence-electron chi connectivity index (χ0n) is 21.0. The van der Waals surface area contributed by atoms with Crippen LogP contribution in [-0.2, 0) is 14.3 Å². The number of unbranched alkanes of at least 4 members (excludes halogenated alkanes) is 9. The first kappa shape index (κ1) is 30.3. The summed E-state index contributed by atoms with van der Waals surface area (Å²) in [6, 6.07) is 3.65. The SMILES string of the molecule is CCCCCCCCCCCCOC(=O)CC1C(=O)NCCN1C(=S)NC(=O)c1ccc(Cl)cc1Cl. The van der Waals surface area contributed by atoms with Crippen molar-refractivity contribution in [3.05, 3.63) is 33.8 Å². The van der Waals surface area contributed by atoms with Crippen molar-refractivity contribution in [1.29, 1.82) is 0 Å². The van der Waals surface area contributed by atoms with E-state index in [1.165, 1.54) is 62.0 Å². The number of nitrogens with one attached hydrogen (secondary N) is 2. The van der Waals surface area contributed by atoms with Crippen molar-refractivity contribution in [2.45, 2.75) is 83.6 Å². The lowest BCUT2D eigenvalue weighted by molar-refractivity contribution is -0.147. The van der Waals surface area contributed by atoms with Crippen molar-refractivity contribution in [1.82, 2.24) is 15.5 Å². The third-order valence-corrected chi connectivity index (χ3v) is 6.99. The number of hydrogen-bond acceptors (Lipinski definition) is 5. The number of carbonyl (C=O) groups is 3. The predicted molar refractivity (Wildman–Crippen MR) is 147 cm³/mol. The maximum atomic E-state index is 12.6. The lowest BCUT2D eigenvalue weighted by Gasteiger charge is -2.36. The number of nitrogens with zero attached hydrogens (tertiary/aromatic N) is 1. The van der Waals surface area contributed by atoms with Crippen LogP contribution in [0, 0.1) is 0 Å². The molecule has 1 aromatic carbocycles. The van der Waals surface area contributed by atoms with Gasteiger partial charge in [-0.1, -0.05) is 87.9 Å². The Kier molecular flexibility index (Phi) is 14.1. The highest BCUT2D eigenvalue weighted by molar-refractivity contribution is 7.80. The van der Waals surface area contributed by atoms with Gasteiger partial charge < -0.3 is 15.0 Å². The molecule has 0 spiro atoms. The molecule has 0 radical (unpaired) electrons. The fourth-order valence-corrected chi connectivity index (χ4v) is 4.87. The molecule has 1 heterocycles. The van der Waals surface area contributed by atoms with E-state index in [4.69, 9.17) is 40.2 Å². The number of thiocarbonyl (C=S) groups is 1. The normalized spacial score (nSPS) is 15.4. The highest BCUT2D eigenvalue weighted by Gasteiger charge is 2.34. The number of hydrogen-bond donors (Lipinski definition) is 2. The van der Waals surface area contributed by atoms with E-state index >= 15 is 0 Å². The summed E-state index contributed by atoms with van der Waals surface area (Å²) in [5, 5.41) is 5.98. The van der Waals surface area contributed by atoms with E-state index in [2.05, 4.69) is 17.6 Å². The lowest BCUT2D eigenvalue weighted by Crippen LogP contribution is -2.60. The highest BCUT2D eigenvalue weighted by Crippen LogP contribution is 2.21. The van der Waals surface area contributed by atoms with Gasteiger partial charge in [-0.15, -0.1) is 0 Å². The highest BCUT2D eigenvalue weighted by atomic mass is 35.5. The van der Waals surface area contributed by atoms with E-state index in [-0.39, 0.29) is 28.0 Å². The Morgan fingerprint density at radius 3 is 2.36 bits per heavy atom. The Labute approximate surface area is 229 Å². The van der Waals surface area contributed by atoms with Gasteiger partial charge in [0.05, 0.1) is 23.6 Å².